The van der Waals surface area contributed by atoms with E-state index >= 15 is 0 Å². The van der Waals surface area contributed by atoms with Crippen LogP contribution in [0, 0.1) is 0 Å². The molecule has 0 aliphatic carbocycles. The maximum absolute atomic E-state index is 10.9. The van der Waals surface area contributed by atoms with E-state index in [9.17, 15) is 9.59 Å². The van der Waals surface area contributed by atoms with Gasteiger partial charge in [-0.2, -0.15) is 10.2 Å². The van der Waals surface area contributed by atoms with Crippen LogP contribution < -0.4 is 0 Å². The third kappa shape index (κ3) is 2.01. The predicted octanol–water partition coefficient (Wildman–Crippen LogP) is -0.0745. The molecule has 0 amide bonds. The molecule has 72 valence electrons. The van der Waals surface area contributed by atoms with E-state index in [0.29, 0.717) is 0 Å². The summed E-state index contributed by atoms with van der Waals surface area (Å²) in [6, 6.07) is -1.32. The Bertz CT molecular complexity index is 227. The minimum absolute atomic E-state index is 0.235. The summed E-state index contributed by atoms with van der Waals surface area (Å²) in [5, 5.41) is 7.21. The first kappa shape index (κ1) is 9.63. The molecule has 1 heterocycles. The Kier molecular flexibility index (Phi) is 2.94. The highest BCUT2D eigenvalue weighted by molar-refractivity contribution is 5.80. The van der Waals surface area contributed by atoms with Crippen LogP contribution in [0.15, 0.2) is 10.2 Å². The summed E-state index contributed by atoms with van der Waals surface area (Å²) in [5.74, 6) is -0.953. The summed E-state index contributed by atoms with van der Waals surface area (Å²) < 4.78 is 8.90. The van der Waals surface area contributed by atoms with Gasteiger partial charge in [0.15, 0.2) is 12.1 Å². The summed E-state index contributed by atoms with van der Waals surface area (Å²) in [6.45, 7) is 0. The number of methoxy groups -OCH3 is 2. The summed E-state index contributed by atoms with van der Waals surface area (Å²) in [7, 11) is 2.53. The average molecular weight is 186 g/mol. The number of carbonyl (C=O) groups excluding carboxylic acids is 2. The van der Waals surface area contributed by atoms with Gasteiger partial charge in [0.2, 0.25) is 0 Å². The van der Waals surface area contributed by atoms with Crippen LogP contribution >= 0.6 is 0 Å². The van der Waals surface area contributed by atoms with Crippen molar-refractivity contribution in [1.82, 2.24) is 0 Å². The van der Waals surface area contributed by atoms with Gasteiger partial charge < -0.3 is 9.47 Å². The largest absolute Gasteiger partial charge is 0.467 e. The molecule has 0 bridgehead atoms. The minimum Gasteiger partial charge on any atom is -0.467 e. The van der Waals surface area contributed by atoms with Crippen molar-refractivity contribution in [3.8, 4) is 0 Å². The van der Waals surface area contributed by atoms with Crippen LogP contribution in [0.3, 0.4) is 0 Å². The van der Waals surface area contributed by atoms with Crippen LogP contribution in [0.2, 0.25) is 0 Å². The highest BCUT2D eigenvalue weighted by Crippen LogP contribution is 2.17. The van der Waals surface area contributed by atoms with E-state index in [0.717, 1.165) is 0 Å². The van der Waals surface area contributed by atoms with Gasteiger partial charge in [-0.15, -0.1) is 0 Å². The van der Waals surface area contributed by atoms with Gasteiger partial charge in [0.25, 0.3) is 0 Å². The number of esters is 2. The number of hydrogen-bond acceptors (Lipinski definition) is 6. The van der Waals surface area contributed by atoms with Crippen molar-refractivity contribution < 1.29 is 19.1 Å². The lowest BCUT2D eigenvalue weighted by molar-refractivity contribution is -0.143. The highest BCUT2D eigenvalue weighted by Gasteiger charge is 2.33. The van der Waals surface area contributed by atoms with Gasteiger partial charge in [-0.3, -0.25) is 0 Å². The van der Waals surface area contributed by atoms with E-state index in [1.807, 2.05) is 0 Å². The fraction of sp³-hybridized carbons (Fsp3) is 0.714. The summed E-state index contributed by atoms with van der Waals surface area (Å²) in [4.78, 5) is 21.9. The Hall–Kier alpha value is -1.46. The topological polar surface area (TPSA) is 77.3 Å². The summed E-state index contributed by atoms with van der Waals surface area (Å²) >= 11 is 0. The molecule has 1 aliphatic rings. The average Bonchev–Trinajstić information content (AvgIpc) is 2.64. The van der Waals surface area contributed by atoms with E-state index in [1.165, 1.54) is 14.2 Å². The van der Waals surface area contributed by atoms with Crippen LogP contribution in [-0.2, 0) is 19.1 Å². The Labute approximate surface area is 74.9 Å². The molecule has 0 N–H and O–H groups in total. The molecule has 0 aromatic rings. The molecule has 0 saturated carbocycles. The van der Waals surface area contributed by atoms with Gasteiger partial charge >= 0.3 is 11.9 Å². The van der Waals surface area contributed by atoms with E-state index in [1.54, 1.807) is 0 Å². The standard InChI is InChI=1S/C7H10N2O4/c1-12-6(10)4-3-5(9-8-4)7(11)13-2/h4-5H,3H2,1-2H3/t4-,5-/m0/s1. The molecule has 1 aliphatic heterocycles. The van der Waals surface area contributed by atoms with Crippen LogP contribution in [0.25, 0.3) is 0 Å². The van der Waals surface area contributed by atoms with Crippen molar-refractivity contribution in [2.24, 2.45) is 10.2 Å². The number of rotatable bonds is 2. The lowest BCUT2D eigenvalue weighted by Crippen LogP contribution is -2.24. The van der Waals surface area contributed by atoms with Crippen LogP contribution in [0.5, 0.6) is 0 Å². The van der Waals surface area contributed by atoms with Gasteiger partial charge in [0.1, 0.15) is 0 Å². The lowest BCUT2D eigenvalue weighted by Gasteiger charge is -2.04. The highest BCUT2D eigenvalue weighted by atomic mass is 16.5. The third-order valence-electron chi connectivity index (χ3n) is 1.74. The molecule has 6 heteroatoms. The first-order valence-electron chi connectivity index (χ1n) is 3.74. The smallest absolute Gasteiger partial charge is 0.332 e. The summed E-state index contributed by atoms with van der Waals surface area (Å²) in [6.07, 6.45) is 0.235. The molecule has 13 heavy (non-hydrogen) atoms. The van der Waals surface area contributed by atoms with Crippen molar-refractivity contribution >= 4 is 11.9 Å². The normalized spacial score (nSPS) is 25.7. The first-order chi connectivity index (χ1) is 6.19. The van der Waals surface area contributed by atoms with Crippen LogP contribution in [0.1, 0.15) is 6.42 Å². The molecular formula is C7H10N2O4. The van der Waals surface area contributed by atoms with Crippen molar-refractivity contribution in [3.05, 3.63) is 0 Å². The van der Waals surface area contributed by atoms with Crippen molar-refractivity contribution in [3.63, 3.8) is 0 Å². The zero-order valence-electron chi connectivity index (χ0n) is 7.39. The number of ether oxygens (including phenoxy) is 2. The zero-order valence-corrected chi connectivity index (χ0v) is 7.39. The number of carbonyl (C=O) groups is 2. The minimum atomic E-state index is -0.658. The van der Waals surface area contributed by atoms with E-state index in [-0.39, 0.29) is 6.42 Å². The van der Waals surface area contributed by atoms with Gasteiger partial charge in [0, 0.05) is 6.42 Å². The third-order valence-corrected chi connectivity index (χ3v) is 1.74. The van der Waals surface area contributed by atoms with Crippen molar-refractivity contribution in [2.45, 2.75) is 18.5 Å². The van der Waals surface area contributed by atoms with Gasteiger partial charge in [0.05, 0.1) is 14.2 Å². The molecule has 1 rings (SSSR count). The second kappa shape index (κ2) is 3.97. The molecule has 0 aromatic heterocycles. The maximum Gasteiger partial charge on any atom is 0.332 e. The molecule has 6 nitrogen and oxygen atoms in total. The molecule has 0 saturated heterocycles. The Morgan fingerprint density at radius 1 is 1.08 bits per heavy atom. The fourth-order valence-corrected chi connectivity index (χ4v) is 1.03. The van der Waals surface area contributed by atoms with E-state index in [4.69, 9.17) is 0 Å². The van der Waals surface area contributed by atoms with Gasteiger partial charge in [-0.05, 0) is 0 Å². The Morgan fingerprint density at radius 3 is 1.77 bits per heavy atom. The molecule has 0 fully saturated rings. The van der Waals surface area contributed by atoms with Gasteiger partial charge in [-0.1, -0.05) is 0 Å². The molecule has 0 radical (unpaired) electrons. The molecule has 0 unspecified atom stereocenters. The second-order valence-corrected chi connectivity index (χ2v) is 2.54. The first-order valence-corrected chi connectivity index (χ1v) is 3.74. The monoisotopic (exact) mass is 186 g/mol. The molecule has 2 atom stereocenters. The fourth-order valence-electron chi connectivity index (χ4n) is 1.03. The molecular weight excluding hydrogens is 176 g/mol. The quantitative estimate of drug-likeness (QED) is 0.565. The van der Waals surface area contributed by atoms with E-state index in [2.05, 4.69) is 19.7 Å². The zero-order chi connectivity index (χ0) is 9.84. The second-order valence-electron chi connectivity index (χ2n) is 2.54. The number of nitrogens with zero attached hydrogens (tertiary/aromatic N) is 2. The van der Waals surface area contributed by atoms with Crippen molar-refractivity contribution in [2.75, 3.05) is 14.2 Å². The van der Waals surface area contributed by atoms with Crippen LogP contribution in [-0.4, -0.2) is 38.2 Å². The van der Waals surface area contributed by atoms with Gasteiger partial charge in [-0.25, -0.2) is 9.59 Å². The number of azo groups is 1. The predicted molar refractivity (Wildman–Crippen MR) is 41.1 cm³/mol. The summed E-state index contributed by atoms with van der Waals surface area (Å²) in [5.41, 5.74) is 0. The molecule has 0 spiro atoms. The van der Waals surface area contributed by atoms with E-state index < -0.39 is 24.0 Å². The molecule has 0 aromatic carbocycles. The number of hydrogen-bond donors (Lipinski definition) is 0. The lowest BCUT2D eigenvalue weighted by atomic mass is 10.1. The Balaban J connectivity index is 2.51. The SMILES string of the molecule is COC(=O)[C@@H]1C[C@@H](C(=O)OC)N=N1. The van der Waals surface area contributed by atoms with Crippen molar-refractivity contribution in [1.29, 1.82) is 0 Å². The Morgan fingerprint density at radius 2 is 1.46 bits per heavy atom. The van der Waals surface area contributed by atoms with Crippen LogP contribution in [0.4, 0.5) is 0 Å². The maximum atomic E-state index is 10.9.